The molecule has 53 heavy (non-hydrogen) atoms. The summed E-state index contributed by atoms with van der Waals surface area (Å²) >= 11 is 0. The maximum atomic E-state index is 11.2. The topological polar surface area (TPSA) is 158 Å². The zero-order chi connectivity index (χ0) is 40.0. The van der Waals surface area contributed by atoms with E-state index in [0.29, 0.717) is 11.5 Å². The molecule has 0 heterocycles. The molecule has 0 bridgehead atoms. The van der Waals surface area contributed by atoms with Crippen LogP contribution in [0.25, 0.3) is 0 Å². The van der Waals surface area contributed by atoms with Gasteiger partial charge in [0.1, 0.15) is 11.5 Å². The first-order valence-electron chi connectivity index (χ1n) is 18.1. The minimum Gasteiger partial charge on any atom is -0.507 e. The van der Waals surface area contributed by atoms with Gasteiger partial charge in [-0.25, -0.2) is 9.59 Å². The molecule has 4 atom stereocenters. The summed E-state index contributed by atoms with van der Waals surface area (Å²) in [6, 6.07) is 8.53. The first-order chi connectivity index (χ1) is 23.7. The van der Waals surface area contributed by atoms with E-state index in [4.69, 9.17) is 20.2 Å². The summed E-state index contributed by atoms with van der Waals surface area (Å²) in [5.41, 5.74) is 5.39. The number of phenols is 2. The first-order valence-corrected chi connectivity index (χ1v) is 18.1. The van der Waals surface area contributed by atoms with Crippen LogP contribution in [0.3, 0.4) is 0 Å². The van der Waals surface area contributed by atoms with Gasteiger partial charge < -0.3 is 29.9 Å². The summed E-state index contributed by atoms with van der Waals surface area (Å²) in [6.07, 6.45) is 4.95. The van der Waals surface area contributed by atoms with Gasteiger partial charge in [0.25, 0.3) is 0 Å². The van der Waals surface area contributed by atoms with Gasteiger partial charge >= 0.3 is 11.9 Å². The molecule has 0 aliphatic heterocycles. The average Bonchev–Trinajstić information content (AvgIpc) is 3.00. The molecule has 11 heteroatoms. The van der Waals surface area contributed by atoms with Crippen molar-refractivity contribution < 1.29 is 56.3 Å². The summed E-state index contributed by atoms with van der Waals surface area (Å²) in [4.78, 5) is 30.8. The van der Waals surface area contributed by atoms with Gasteiger partial charge in [0.05, 0.1) is 12.1 Å². The van der Waals surface area contributed by atoms with E-state index in [0.717, 1.165) is 62.2 Å². The van der Waals surface area contributed by atoms with Crippen molar-refractivity contribution in [2.45, 2.75) is 155 Å². The number of aliphatic carboxylic acids is 2. The molecule has 1 saturated carbocycles. The molecule has 4 N–H and O–H groups in total. The third kappa shape index (κ3) is 13.2. The molecule has 0 unspecified atom stereocenters. The maximum absolute atomic E-state index is 11.2. The fourth-order valence-corrected chi connectivity index (χ4v) is 6.02. The fraction of sp³-hybridized carbons (Fsp3) is 0.619. The van der Waals surface area contributed by atoms with Crippen LogP contribution in [0.1, 0.15) is 142 Å². The first kappa shape index (κ1) is 47.8. The number of nitrogens with zero attached hydrogens (tertiary/aromatic N) is 2. The quantitative estimate of drug-likeness (QED) is 0.185. The van der Waals surface area contributed by atoms with Crippen molar-refractivity contribution in [2.75, 3.05) is 14.2 Å². The number of carbonyl (C=O) groups is 2. The molecule has 2 aromatic carbocycles. The van der Waals surface area contributed by atoms with E-state index in [1.54, 1.807) is 0 Å². The molecule has 10 nitrogen and oxygen atoms in total. The van der Waals surface area contributed by atoms with Crippen molar-refractivity contribution >= 4 is 24.4 Å². The van der Waals surface area contributed by atoms with Crippen LogP contribution in [0.2, 0.25) is 0 Å². The van der Waals surface area contributed by atoms with Crippen LogP contribution in [0.5, 0.6) is 11.5 Å². The second-order valence-corrected chi connectivity index (χ2v) is 17.9. The van der Waals surface area contributed by atoms with Crippen molar-refractivity contribution in [3.63, 3.8) is 0 Å². The Kier molecular flexibility index (Phi) is 17.0. The zero-order valence-electron chi connectivity index (χ0n) is 34.3. The number of hydrogen-bond acceptors (Lipinski definition) is 8. The smallest absolute Gasteiger partial charge is 0.336 e. The second kappa shape index (κ2) is 18.9. The van der Waals surface area contributed by atoms with Crippen LogP contribution in [0.15, 0.2) is 34.3 Å². The Balaban J connectivity index is 0.000000927. The summed E-state index contributed by atoms with van der Waals surface area (Å²) < 4.78 is 8.84. The Bertz CT molecular complexity index is 1490. The summed E-state index contributed by atoms with van der Waals surface area (Å²) in [5, 5.41) is 39.4. The van der Waals surface area contributed by atoms with Gasteiger partial charge in [0.2, 0.25) is 0 Å². The number of phenolic OH excluding ortho intramolecular Hbond substituents is 2. The Morgan fingerprint density at radius 2 is 0.925 bits per heavy atom. The van der Waals surface area contributed by atoms with Gasteiger partial charge in [0, 0.05) is 65.7 Å². The number of carboxylic acid groups (broad SMARTS) is 2. The van der Waals surface area contributed by atoms with E-state index in [-0.39, 0.29) is 50.5 Å². The zero-order valence-corrected chi connectivity index (χ0v) is 35.3. The molecular formula is C42H64CoN2O8. The van der Waals surface area contributed by atoms with Crippen LogP contribution in [0, 0.1) is 0 Å². The number of benzene rings is 2. The molecule has 3 rings (SSSR count). The van der Waals surface area contributed by atoms with Crippen molar-refractivity contribution in [1.29, 1.82) is 0 Å². The molecule has 0 amide bonds. The molecule has 299 valence electrons. The van der Waals surface area contributed by atoms with E-state index >= 15 is 0 Å². The van der Waals surface area contributed by atoms with Gasteiger partial charge in [0.15, 0.2) is 12.2 Å². The summed E-state index contributed by atoms with van der Waals surface area (Å²) in [7, 11) is 2.21. The summed E-state index contributed by atoms with van der Waals surface area (Å²) in [6.45, 7) is 26.0. The molecule has 1 aliphatic carbocycles. The van der Waals surface area contributed by atoms with E-state index in [1.807, 2.05) is 12.4 Å². The third-order valence-electron chi connectivity index (χ3n) is 9.40. The van der Waals surface area contributed by atoms with Gasteiger partial charge in [-0.1, -0.05) is 108 Å². The van der Waals surface area contributed by atoms with E-state index in [2.05, 4.69) is 117 Å². The molecule has 0 aromatic heterocycles. The molecule has 1 radical (unpaired) electrons. The Hall–Kier alpha value is -3.25. The monoisotopic (exact) mass is 783 g/mol. The average molecular weight is 784 g/mol. The Morgan fingerprint density at radius 1 is 0.623 bits per heavy atom. The van der Waals surface area contributed by atoms with Gasteiger partial charge in [-0.3, -0.25) is 9.98 Å². The number of methoxy groups -OCH3 is 2. The normalized spacial score (nSPS) is 18.2. The van der Waals surface area contributed by atoms with Gasteiger partial charge in [-0.2, -0.15) is 0 Å². The standard InChI is InChI=1S/C36H54N2O2.C6H10O6.Co/c1-33(2,3)25-17-23(31(39)27(19-25)35(7,8)9)21-37-29-15-13-14-16-30(29)38-22-24-18-26(34(4,5)6)20-28(32(24)40)36(10,11)12;1-11-3(5(7)8)4(12-2)6(9)10;/h17-22,29-30,39-40H,13-16H2,1-12H3;3-4H,1-2H3,(H,7,8)(H,9,10);/t29-,30-;3-,4-;/m11./s1. The number of hydrogen-bond donors (Lipinski definition) is 4. The minimum atomic E-state index is -1.48. The molecule has 0 spiro atoms. The van der Waals surface area contributed by atoms with E-state index < -0.39 is 24.1 Å². The van der Waals surface area contributed by atoms with Crippen molar-refractivity contribution in [2.24, 2.45) is 9.98 Å². The molecular weight excluding hydrogens is 719 g/mol. The summed E-state index contributed by atoms with van der Waals surface area (Å²) in [5.74, 6) is -2.10. The van der Waals surface area contributed by atoms with E-state index in [9.17, 15) is 19.8 Å². The van der Waals surface area contributed by atoms with Crippen LogP contribution < -0.4 is 0 Å². The van der Waals surface area contributed by atoms with Crippen molar-refractivity contribution in [3.8, 4) is 11.5 Å². The van der Waals surface area contributed by atoms with Crippen LogP contribution in [-0.4, -0.2) is 83.3 Å². The predicted molar refractivity (Wildman–Crippen MR) is 209 cm³/mol. The SMILES string of the molecule is CC(C)(C)c1cc(C=N[C@@H]2CCCC[C@H]2N=Cc2cc(C(C)(C)C)cc(C(C)(C)C)c2O)c(O)c(C(C)(C)C)c1.CO[C@@H](C(=O)O)[C@@H](OC)C(=O)O.[Co]. The number of rotatable bonds is 9. The van der Waals surface area contributed by atoms with Gasteiger partial charge in [-0.15, -0.1) is 0 Å². The largest absolute Gasteiger partial charge is 0.507 e. The van der Waals surface area contributed by atoms with Crippen LogP contribution in [-0.2, 0) is 57.5 Å². The molecule has 2 aromatic rings. The van der Waals surface area contributed by atoms with Gasteiger partial charge in [-0.05, 0) is 57.8 Å². The van der Waals surface area contributed by atoms with Crippen molar-refractivity contribution in [1.82, 2.24) is 0 Å². The van der Waals surface area contributed by atoms with Crippen molar-refractivity contribution in [3.05, 3.63) is 57.6 Å². The number of aliphatic imine (C=N–C) groups is 2. The Morgan fingerprint density at radius 3 is 1.15 bits per heavy atom. The number of aromatic hydroxyl groups is 2. The Labute approximate surface area is 327 Å². The van der Waals surface area contributed by atoms with E-state index in [1.165, 1.54) is 11.1 Å². The molecule has 1 aliphatic rings. The third-order valence-corrected chi connectivity index (χ3v) is 9.40. The van der Waals surface area contributed by atoms with Crippen LogP contribution in [0.4, 0.5) is 0 Å². The molecule has 1 fully saturated rings. The fourth-order valence-electron chi connectivity index (χ4n) is 6.02. The second-order valence-electron chi connectivity index (χ2n) is 17.9. The predicted octanol–water partition coefficient (Wildman–Crippen LogP) is 8.32. The maximum Gasteiger partial charge on any atom is 0.336 e. The minimum absolute atomic E-state index is 0. The number of ether oxygens (including phenoxy) is 2. The van der Waals surface area contributed by atoms with Crippen LogP contribution >= 0.6 is 0 Å². The molecule has 0 saturated heterocycles. The number of carboxylic acids is 2.